The molecule has 0 fully saturated rings. The minimum absolute atomic E-state index is 0.0468. The monoisotopic (exact) mass is 275 g/mol. The van der Waals surface area contributed by atoms with E-state index in [4.69, 9.17) is 10.6 Å². The summed E-state index contributed by atoms with van der Waals surface area (Å²) in [7, 11) is 0. The fourth-order valence-corrected chi connectivity index (χ4v) is 1.52. The van der Waals surface area contributed by atoms with Crippen LogP contribution in [-0.4, -0.2) is 14.9 Å². The van der Waals surface area contributed by atoms with Gasteiger partial charge in [-0.05, 0) is 25.5 Å². The Balaban J connectivity index is 2.38. The number of nitrogens with zero attached hydrogens (tertiary/aromatic N) is 3. The van der Waals surface area contributed by atoms with Crippen molar-refractivity contribution in [2.45, 2.75) is 13.8 Å². The molecule has 0 radical (unpaired) electrons. The Morgan fingerprint density at radius 1 is 1.35 bits per heavy atom. The van der Waals surface area contributed by atoms with Crippen LogP contribution >= 0.6 is 0 Å². The molecule has 8 nitrogen and oxygen atoms in total. The summed E-state index contributed by atoms with van der Waals surface area (Å²) in [6, 6.07) is 4.39. The summed E-state index contributed by atoms with van der Waals surface area (Å²) < 4.78 is 5.62. The first-order valence-electron chi connectivity index (χ1n) is 5.74. The van der Waals surface area contributed by atoms with Gasteiger partial charge in [0.05, 0.1) is 11.0 Å². The van der Waals surface area contributed by atoms with E-state index in [1.807, 2.05) is 0 Å². The van der Waals surface area contributed by atoms with Crippen molar-refractivity contribution < 1.29 is 9.66 Å². The lowest BCUT2D eigenvalue weighted by Crippen LogP contribution is -2.11. The molecule has 3 N–H and O–H groups in total. The molecule has 0 amide bonds. The molecule has 1 heterocycles. The molecule has 2 rings (SSSR count). The van der Waals surface area contributed by atoms with Crippen molar-refractivity contribution >= 4 is 11.6 Å². The molecule has 104 valence electrons. The maximum atomic E-state index is 10.8. The van der Waals surface area contributed by atoms with Crippen molar-refractivity contribution in [3.63, 3.8) is 0 Å². The van der Waals surface area contributed by atoms with Gasteiger partial charge >= 0.3 is 0 Å². The molecule has 0 unspecified atom stereocenters. The number of anilines is 1. The second kappa shape index (κ2) is 5.49. The van der Waals surface area contributed by atoms with E-state index in [0.717, 1.165) is 5.56 Å². The van der Waals surface area contributed by atoms with E-state index < -0.39 is 4.92 Å². The minimum Gasteiger partial charge on any atom is -0.438 e. The SMILES string of the molecule is Cc1ccc([N+](=O)[O-])cc1Oc1nc(NN)ncc1C. The highest BCUT2D eigenvalue weighted by molar-refractivity contribution is 5.46. The van der Waals surface area contributed by atoms with Crippen LogP contribution in [0, 0.1) is 24.0 Å². The number of hydrogen-bond donors (Lipinski definition) is 2. The molecule has 8 heteroatoms. The molecule has 0 bridgehead atoms. The highest BCUT2D eigenvalue weighted by Crippen LogP contribution is 2.29. The first-order valence-corrected chi connectivity index (χ1v) is 5.74. The van der Waals surface area contributed by atoms with Crippen LogP contribution in [0.15, 0.2) is 24.4 Å². The number of aromatic nitrogens is 2. The number of aryl methyl sites for hydroxylation is 2. The van der Waals surface area contributed by atoms with E-state index in [9.17, 15) is 10.1 Å². The number of nitrogens with two attached hydrogens (primary N) is 1. The number of benzene rings is 1. The molecule has 0 atom stereocenters. The van der Waals surface area contributed by atoms with Gasteiger partial charge in [-0.1, -0.05) is 0 Å². The van der Waals surface area contributed by atoms with Crippen molar-refractivity contribution in [3.05, 3.63) is 45.6 Å². The van der Waals surface area contributed by atoms with Crippen LogP contribution < -0.4 is 16.0 Å². The maximum absolute atomic E-state index is 10.8. The first kappa shape index (κ1) is 13.7. The quantitative estimate of drug-likeness (QED) is 0.498. The molecule has 1 aromatic carbocycles. The lowest BCUT2D eigenvalue weighted by molar-refractivity contribution is -0.384. The minimum atomic E-state index is -0.480. The lowest BCUT2D eigenvalue weighted by atomic mass is 10.2. The Kier molecular flexibility index (Phi) is 3.76. The van der Waals surface area contributed by atoms with E-state index in [1.165, 1.54) is 12.1 Å². The maximum Gasteiger partial charge on any atom is 0.273 e. The van der Waals surface area contributed by atoms with Gasteiger partial charge in [0.25, 0.3) is 5.69 Å². The predicted octanol–water partition coefficient (Wildman–Crippen LogP) is 2.08. The fourth-order valence-electron chi connectivity index (χ4n) is 1.52. The number of hydrazine groups is 1. The van der Waals surface area contributed by atoms with E-state index in [1.54, 1.807) is 26.1 Å². The Morgan fingerprint density at radius 2 is 2.10 bits per heavy atom. The Bertz CT molecular complexity index is 660. The standard InChI is InChI=1S/C12H13N5O3/c1-7-3-4-9(17(18)19)5-10(7)20-11-8(2)6-14-12(15-11)16-13/h3-6H,13H2,1-2H3,(H,14,15,16). The van der Waals surface area contributed by atoms with Crippen LogP contribution in [0.1, 0.15) is 11.1 Å². The molecule has 0 aliphatic rings. The fraction of sp³-hybridized carbons (Fsp3) is 0.167. The molecule has 0 saturated heterocycles. The largest absolute Gasteiger partial charge is 0.438 e. The van der Waals surface area contributed by atoms with Crippen molar-refractivity contribution in [1.82, 2.24) is 9.97 Å². The Morgan fingerprint density at radius 3 is 2.75 bits per heavy atom. The zero-order valence-corrected chi connectivity index (χ0v) is 11.0. The van der Waals surface area contributed by atoms with Crippen LogP contribution in [0.5, 0.6) is 11.6 Å². The second-order valence-electron chi connectivity index (χ2n) is 4.14. The third-order valence-corrected chi connectivity index (χ3v) is 2.64. The summed E-state index contributed by atoms with van der Waals surface area (Å²) in [5.41, 5.74) is 3.72. The molecular formula is C12H13N5O3. The number of rotatable bonds is 4. The second-order valence-corrected chi connectivity index (χ2v) is 4.14. The van der Waals surface area contributed by atoms with Gasteiger partial charge < -0.3 is 4.74 Å². The first-order chi connectivity index (χ1) is 9.51. The molecular weight excluding hydrogens is 262 g/mol. The molecule has 1 aromatic heterocycles. The number of non-ortho nitro benzene ring substituents is 1. The zero-order chi connectivity index (χ0) is 14.7. The molecule has 0 saturated carbocycles. The summed E-state index contributed by atoms with van der Waals surface area (Å²) in [4.78, 5) is 18.3. The van der Waals surface area contributed by atoms with E-state index in [0.29, 0.717) is 11.3 Å². The number of nitro groups is 1. The summed E-state index contributed by atoms with van der Waals surface area (Å²) >= 11 is 0. The molecule has 0 aliphatic heterocycles. The van der Waals surface area contributed by atoms with Gasteiger partial charge in [0.2, 0.25) is 11.8 Å². The summed E-state index contributed by atoms with van der Waals surface area (Å²) in [6.45, 7) is 3.56. The van der Waals surface area contributed by atoms with Gasteiger partial charge in [-0.3, -0.25) is 15.5 Å². The highest BCUT2D eigenvalue weighted by Gasteiger charge is 2.12. The number of nitrogen functional groups attached to an aromatic ring is 1. The third kappa shape index (κ3) is 2.81. The van der Waals surface area contributed by atoms with Crippen molar-refractivity contribution in [2.75, 3.05) is 5.43 Å². The number of nitrogens with one attached hydrogen (secondary N) is 1. The smallest absolute Gasteiger partial charge is 0.273 e. The zero-order valence-electron chi connectivity index (χ0n) is 11.0. The third-order valence-electron chi connectivity index (χ3n) is 2.64. The van der Waals surface area contributed by atoms with Crippen LogP contribution in [0.4, 0.5) is 11.6 Å². The van der Waals surface area contributed by atoms with Crippen molar-refractivity contribution in [1.29, 1.82) is 0 Å². The Hall–Kier alpha value is -2.74. The van der Waals surface area contributed by atoms with Crippen LogP contribution in [0.3, 0.4) is 0 Å². The van der Waals surface area contributed by atoms with Crippen LogP contribution in [0.25, 0.3) is 0 Å². The van der Waals surface area contributed by atoms with E-state index >= 15 is 0 Å². The summed E-state index contributed by atoms with van der Waals surface area (Å²) in [5.74, 6) is 6.09. The lowest BCUT2D eigenvalue weighted by Gasteiger charge is -2.10. The van der Waals surface area contributed by atoms with Gasteiger partial charge in [-0.2, -0.15) is 4.98 Å². The Labute approximate surface area is 114 Å². The summed E-state index contributed by atoms with van der Waals surface area (Å²) in [5, 5.41) is 10.8. The average Bonchev–Trinajstić information content (AvgIpc) is 2.43. The highest BCUT2D eigenvalue weighted by atomic mass is 16.6. The topological polar surface area (TPSA) is 116 Å². The van der Waals surface area contributed by atoms with Gasteiger partial charge in [0.15, 0.2) is 0 Å². The molecule has 2 aromatic rings. The van der Waals surface area contributed by atoms with E-state index in [2.05, 4.69) is 15.4 Å². The van der Waals surface area contributed by atoms with Gasteiger partial charge in [-0.15, -0.1) is 0 Å². The van der Waals surface area contributed by atoms with E-state index in [-0.39, 0.29) is 17.5 Å². The predicted molar refractivity (Wildman–Crippen MR) is 72.5 cm³/mol. The average molecular weight is 275 g/mol. The number of hydrogen-bond acceptors (Lipinski definition) is 7. The van der Waals surface area contributed by atoms with Crippen molar-refractivity contribution in [2.24, 2.45) is 5.84 Å². The van der Waals surface area contributed by atoms with Gasteiger partial charge in [0.1, 0.15) is 5.75 Å². The van der Waals surface area contributed by atoms with Gasteiger partial charge in [0, 0.05) is 17.8 Å². The summed E-state index contributed by atoms with van der Waals surface area (Å²) in [6.07, 6.45) is 1.55. The van der Waals surface area contributed by atoms with Crippen LogP contribution in [0.2, 0.25) is 0 Å². The van der Waals surface area contributed by atoms with Gasteiger partial charge in [-0.25, -0.2) is 10.8 Å². The number of ether oxygens (including phenoxy) is 1. The molecule has 0 aliphatic carbocycles. The van der Waals surface area contributed by atoms with Crippen molar-refractivity contribution in [3.8, 4) is 11.6 Å². The molecule has 20 heavy (non-hydrogen) atoms. The van der Waals surface area contributed by atoms with Crippen LogP contribution in [-0.2, 0) is 0 Å². The normalized spacial score (nSPS) is 10.2. The molecule has 0 spiro atoms. The number of nitro benzene ring substituents is 1.